The highest BCUT2D eigenvalue weighted by atomic mass is 35.5. The van der Waals surface area contributed by atoms with E-state index in [9.17, 15) is 4.39 Å². The molecule has 5 heteroatoms. The van der Waals surface area contributed by atoms with Gasteiger partial charge in [-0.15, -0.1) is 0 Å². The van der Waals surface area contributed by atoms with Crippen LogP contribution in [0.1, 0.15) is 19.3 Å². The maximum absolute atomic E-state index is 14.0. The molecule has 0 radical (unpaired) electrons. The van der Waals surface area contributed by atoms with E-state index >= 15 is 0 Å². The molecule has 0 saturated carbocycles. The Balaban J connectivity index is 2.42. The number of nitrogen functional groups attached to an aromatic ring is 2. The van der Waals surface area contributed by atoms with Crippen molar-refractivity contribution in [3.8, 4) is 0 Å². The summed E-state index contributed by atoms with van der Waals surface area (Å²) in [6.07, 6.45) is 3.29. The molecule has 0 aromatic heterocycles. The third-order valence-electron chi connectivity index (χ3n) is 2.91. The molecule has 16 heavy (non-hydrogen) atoms. The average Bonchev–Trinajstić information content (AvgIpc) is 2.28. The maximum Gasteiger partial charge on any atom is 0.169 e. The predicted octanol–water partition coefficient (Wildman–Crippen LogP) is 2.63. The molecule has 1 fully saturated rings. The van der Waals surface area contributed by atoms with E-state index in [0.29, 0.717) is 11.4 Å². The van der Waals surface area contributed by atoms with Gasteiger partial charge in [0.05, 0.1) is 17.1 Å². The van der Waals surface area contributed by atoms with E-state index < -0.39 is 5.82 Å². The van der Waals surface area contributed by atoms with E-state index in [1.54, 1.807) is 0 Å². The molecule has 1 aliphatic rings. The number of nitrogens with zero attached hydrogens (tertiary/aromatic N) is 1. The molecule has 1 aromatic rings. The van der Waals surface area contributed by atoms with Crippen molar-refractivity contribution in [3.63, 3.8) is 0 Å². The van der Waals surface area contributed by atoms with Crippen LogP contribution in [0.15, 0.2) is 6.07 Å². The van der Waals surface area contributed by atoms with Gasteiger partial charge in [0.1, 0.15) is 5.02 Å². The summed E-state index contributed by atoms with van der Waals surface area (Å²) in [4.78, 5) is 1.94. The first-order valence-corrected chi connectivity index (χ1v) is 5.77. The second kappa shape index (κ2) is 4.37. The Morgan fingerprint density at radius 2 is 1.75 bits per heavy atom. The molecule has 1 heterocycles. The molecule has 0 spiro atoms. The van der Waals surface area contributed by atoms with Crippen LogP contribution in [0, 0.1) is 5.82 Å². The van der Waals surface area contributed by atoms with Crippen LogP contribution in [-0.2, 0) is 0 Å². The number of halogens is 2. The molecule has 0 bridgehead atoms. The van der Waals surface area contributed by atoms with Crippen LogP contribution >= 0.6 is 11.6 Å². The fourth-order valence-corrected chi connectivity index (χ4v) is 2.24. The fraction of sp³-hybridized carbons (Fsp3) is 0.455. The molecule has 0 atom stereocenters. The number of piperidine rings is 1. The van der Waals surface area contributed by atoms with Gasteiger partial charge in [0.15, 0.2) is 5.82 Å². The van der Waals surface area contributed by atoms with E-state index in [2.05, 4.69) is 0 Å². The predicted molar refractivity (Wildman–Crippen MR) is 66.3 cm³/mol. The lowest BCUT2D eigenvalue weighted by atomic mass is 10.1. The van der Waals surface area contributed by atoms with Gasteiger partial charge >= 0.3 is 0 Å². The Kier molecular flexibility index (Phi) is 3.10. The zero-order valence-corrected chi connectivity index (χ0v) is 9.73. The molecular formula is C11H15ClFN3. The first-order chi connectivity index (χ1) is 7.61. The van der Waals surface area contributed by atoms with Gasteiger partial charge in [0.25, 0.3) is 0 Å². The molecule has 1 aliphatic heterocycles. The van der Waals surface area contributed by atoms with Gasteiger partial charge in [-0.25, -0.2) is 4.39 Å². The van der Waals surface area contributed by atoms with Crippen molar-refractivity contribution < 1.29 is 4.39 Å². The molecule has 88 valence electrons. The number of benzene rings is 1. The molecule has 4 N–H and O–H groups in total. The van der Waals surface area contributed by atoms with E-state index in [4.69, 9.17) is 23.1 Å². The highest BCUT2D eigenvalue weighted by Gasteiger charge is 2.21. The van der Waals surface area contributed by atoms with Crippen LogP contribution in [0.4, 0.5) is 21.5 Å². The summed E-state index contributed by atoms with van der Waals surface area (Å²) in [5, 5.41) is -0.0326. The Hall–Kier alpha value is -1.16. The Bertz CT molecular complexity index is 403. The van der Waals surface area contributed by atoms with Gasteiger partial charge < -0.3 is 16.4 Å². The third kappa shape index (κ3) is 1.89. The SMILES string of the molecule is Nc1cc(N)c(N2CCCCC2)c(F)c1Cl. The van der Waals surface area contributed by atoms with Crippen molar-refractivity contribution in [2.45, 2.75) is 19.3 Å². The summed E-state index contributed by atoms with van der Waals surface area (Å²) >= 11 is 5.79. The first kappa shape index (κ1) is 11.3. The standard InChI is InChI=1S/C11H15ClFN3/c12-9-7(14)6-8(15)11(10(9)13)16-4-2-1-3-5-16/h6H,1-5,14-15H2. The quantitative estimate of drug-likeness (QED) is 0.746. The minimum Gasteiger partial charge on any atom is -0.397 e. The van der Waals surface area contributed by atoms with Crippen LogP contribution in [0.3, 0.4) is 0 Å². The van der Waals surface area contributed by atoms with Crippen LogP contribution in [0.2, 0.25) is 5.02 Å². The van der Waals surface area contributed by atoms with Crippen molar-refractivity contribution in [3.05, 3.63) is 16.9 Å². The van der Waals surface area contributed by atoms with Gasteiger partial charge in [0.2, 0.25) is 0 Å². The van der Waals surface area contributed by atoms with Crippen molar-refractivity contribution >= 4 is 28.7 Å². The van der Waals surface area contributed by atoms with Crippen LogP contribution in [0.25, 0.3) is 0 Å². The van der Waals surface area contributed by atoms with Crippen molar-refractivity contribution in [1.29, 1.82) is 0 Å². The second-order valence-electron chi connectivity index (χ2n) is 4.08. The summed E-state index contributed by atoms with van der Waals surface area (Å²) in [7, 11) is 0. The van der Waals surface area contributed by atoms with E-state index in [1.165, 1.54) is 12.5 Å². The fourth-order valence-electron chi connectivity index (χ4n) is 2.10. The molecule has 0 unspecified atom stereocenters. The van der Waals surface area contributed by atoms with Crippen LogP contribution in [-0.4, -0.2) is 13.1 Å². The number of hydrogen-bond acceptors (Lipinski definition) is 3. The Labute approximate surface area is 99.2 Å². The first-order valence-electron chi connectivity index (χ1n) is 5.39. The van der Waals surface area contributed by atoms with Gasteiger partial charge in [0, 0.05) is 13.1 Å². The highest BCUT2D eigenvalue weighted by Crippen LogP contribution is 2.37. The zero-order chi connectivity index (χ0) is 11.7. The summed E-state index contributed by atoms with van der Waals surface area (Å²) in [6, 6.07) is 1.52. The summed E-state index contributed by atoms with van der Waals surface area (Å²) in [5.41, 5.74) is 12.3. The number of anilines is 3. The van der Waals surface area contributed by atoms with E-state index in [0.717, 1.165) is 25.9 Å². The number of nitrogens with two attached hydrogens (primary N) is 2. The smallest absolute Gasteiger partial charge is 0.169 e. The molecule has 0 amide bonds. The van der Waals surface area contributed by atoms with Gasteiger partial charge in [-0.05, 0) is 25.3 Å². The topological polar surface area (TPSA) is 55.3 Å². The Morgan fingerprint density at radius 1 is 1.12 bits per heavy atom. The summed E-state index contributed by atoms with van der Waals surface area (Å²) in [6.45, 7) is 1.64. The Morgan fingerprint density at radius 3 is 2.38 bits per heavy atom. The molecule has 3 nitrogen and oxygen atoms in total. The monoisotopic (exact) mass is 243 g/mol. The van der Waals surface area contributed by atoms with Gasteiger partial charge in [-0.1, -0.05) is 11.6 Å². The number of rotatable bonds is 1. The van der Waals surface area contributed by atoms with Gasteiger partial charge in [-0.3, -0.25) is 0 Å². The summed E-state index contributed by atoms with van der Waals surface area (Å²) in [5.74, 6) is -0.499. The van der Waals surface area contributed by atoms with Crippen LogP contribution < -0.4 is 16.4 Å². The van der Waals surface area contributed by atoms with Crippen LogP contribution in [0.5, 0.6) is 0 Å². The minimum atomic E-state index is -0.499. The molecule has 1 saturated heterocycles. The highest BCUT2D eigenvalue weighted by molar-refractivity contribution is 6.33. The van der Waals surface area contributed by atoms with Crippen molar-refractivity contribution in [1.82, 2.24) is 0 Å². The minimum absolute atomic E-state index is 0.0326. The molecule has 0 aliphatic carbocycles. The van der Waals surface area contributed by atoms with E-state index in [1.807, 2.05) is 4.90 Å². The lowest BCUT2D eigenvalue weighted by Gasteiger charge is -2.30. The zero-order valence-electron chi connectivity index (χ0n) is 8.97. The summed E-state index contributed by atoms with van der Waals surface area (Å²) < 4.78 is 14.0. The lowest BCUT2D eigenvalue weighted by Crippen LogP contribution is -2.31. The maximum atomic E-state index is 14.0. The second-order valence-corrected chi connectivity index (χ2v) is 4.46. The lowest BCUT2D eigenvalue weighted by molar-refractivity contribution is 0.558. The molecular weight excluding hydrogens is 229 g/mol. The normalized spacial score (nSPS) is 16.5. The van der Waals surface area contributed by atoms with Crippen molar-refractivity contribution in [2.24, 2.45) is 0 Å². The molecule has 1 aromatic carbocycles. The molecule has 2 rings (SSSR count). The third-order valence-corrected chi connectivity index (χ3v) is 3.29. The van der Waals surface area contributed by atoms with Gasteiger partial charge in [-0.2, -0.15) is 0 Å². The largest absolute Gasteiger partial charge is 0.397 e. The average molecular weight is 244 g/mol. The van der Waals surface area contributed by atoms with Crippen molar-refractivity contribution in [2.75, 3.05) is 29.5 Å². The van der Waals surface area contributed by atoms with E-state index in [-0.39, 0.29) is 10.7 Å². The number of hydrogen-bond donors (Lipinski definition) is 2.